The first-order valence-electron chi connectivity index (χ1n) is 8.52. The number of furan rings is 1. The summed E-state index contributed by atoms with van der Waals surface area (Å²) < 4.78 is 5.29. The fraction of sp³-hybridized carbons (Fsp3) is 0.278. The van der Waals surface area contributed by atoms with Gasteiger partial charge in [0.15, 0.2) is 11.7 Å². The van der Waals surface area contributed by atoms with Crippen LogP contribution in [0, 0.1) is 0 Å². The molecule has 0 unspecified atom stereocenters. The Kier molecular flexibility index (Phi) is 7.18. The SMILES string of the molecule is CN=C(NCCSc1ccc(Cl)cc1)NCCc1nc(-c2ccco2)n[nH]1. The molecule has 3 aromatic rings. The lowest BCUT2D eigenvalue weighted by Crippen LogP contribution is -2.39. The molecule has 2 aromatic heterocycles. The lowest BCUT2D eigenvalue weighted by atomic mass is 10.4. The summed E-state index contributed by atoms with van der Waals surface area (Å²) in [6.07, 6.45) is 2.31. The molecule has 7 nitrogen and oxygen atoms in total. The molecule has 0 aliphatic carbocycles. The van der Waals surface area contributed by atoms with Crippen LogP contribution in [-0.4, -0.2) is 47.0 Å². The van der Waals surface area contributed by atoms with E-state index in [4.69, 9.17) is 16.0 Å². The molecule has 142 valence electrons. The number of H-pyrrole nitrogens is 1. The third-order valence-corrected chi connectivity index (χ3v) is 4.89. The topological polar surface area (TPSA) is 91.1 Å². The summed E-state index contributed by atoms with van der Waals surface area (Å²) in [5, 5.41) is 14.4. The van der Waals surface area contributed by atoms with E-state index in [2.05, 4.69) is 30.8 Å². The molecule has 3 rings (SSSR count). The van der Waals surface area contributed by atoms with Gasteiger partial charge in [-0.25, -0.2) is 4.98 Å². The summed E-state index contributed by atoms with van der Waals surface area (Å²) >= 11 is 7.66. The summed E-state index contributed by atoms with van der Waals surface area (Å²) in [6.45, 7) is 1.49. The normalized spacial score (nSPS) is 11.6. The zero-order chi connectivity index (χ0) is 18.9. The van der Waals surface area contributed by atoms with Gasteiger partial charge in [-0.2, -0.15) is 5.10 Å². The number of nitrogens with one attached hydrogen (secondary N) is 3. The number of aliphatic imine (C=N–C) groups is 1. The van der Waals surface area contributed by atoms with Gasteiger partial charge >= 0.3 is 0 Å². The van der Waals surface area contributed by atoms with Crippen LogP contribution in [0.3, 0.4) is 0 Å². The molecule has 3 N–H and O–H groups in total. The molecule has 2 heterocycles. The number of halogens is 1. The first kappa shape index (κ1) is 19.3. The van der Waals surface area contributed by atoms with Gasteiger partial charge in [0.2, 0.25) is 5.82 Å². The molecule has 0 saturated heterocycles. The minimum atomic E-state index is 0.566. The molecular formula is C18H21ClN6OS. The molecule has 0 atom stereocenters. The van der Waals surface area contributed by atoms with E-state index in [-0.39, 0.29) is 0 Å². The molecule has 0 saturated carbocycles. The molecule has 9 heteroatoms. The number of hydrogen-bond donors (Lipinski definition) is 3. The molecule has 27 heavy (non-hydrogen) atoms. The van der Waals surface area contributed by atoms with Gasteiger partial charge < -0.3 is 15.1 Å². The van der Waals surface area contributed by atoms with E-state index in [0.717, 1.165) is 29.1 Å². The van der Waals surface area contributed by atoms with Crippen LogP contribution in [0.5, 0.6) is 0 Å². The Balaban J connectivity index is 1.35. The molecule has 0 spiro atoms. The van der Waals surface area contributed by atoms with Crippen molar-refractivity contribution in [1.29, 1.82) is 0 Å². The second-order valence-corrected chi connectivity index (χ2v) is 7.17. The lowest BCUT2D eigenvalue weighted by Gasteiger charge is -2.11. The van der Waals surface area contributed by atoms with Gasteiger partial charge in [-0.05, 0) is 36.4 Å². The Morgan fingerprint density at radius 1 is 1.22 bits per heavy atom. The summed E-state index contributed by atoms with van der Waals surface area (Å²) in [5.74, 6) is 3.70. The van der Waals surface area contributed by atoms with Crippen molar-refractivity contribution in [3.63, 3.8) is 0 Å². The van der Waals surface area contributed by atoms with Crippen molar-refractivity contribution in [2.24, 2.45) is 4.99 Å². The maximum absolute atomic E-state index is 5.89. The first-order chi connectivity index (χ1) is 13.2. The predicted octanol–water partition coefficient (Wildman–Crippen LogP) is 3.22. The summed E-state index contributed by atoms with van der Waals surface area (Å²) in [5.41, 5.74) is 0. The maximum Gasteiger partial charge on any atom is 0.216 e. The number of aromatic nitrogens is 3. The van der Waals surface area contributed by atoms with E-state index < -0.39 is 0 Å². The lowest BCUT2D eigenvalue weighted by molar-refractivity contribution is 0.577. The second-order valence-electron chi connectivity index (χ2n) is 5.56. The summed E-state index contributed by atoms with van der Waals surface area (Å²) in [6, 6.07) is 11.5. The summed E-state index contributed by atoms with van der Waals surface area (Å²) in [7, 11) is 1.76. The number of aromatic amines is 1. The molecule has 0 amide bonds. The largest absolute Gasteiger partial charge is 0.461 e. The van der Waals surface area contributed by atoms with Gasteiger partial charge in [0.05, 0.1) is 6.26 Å². The second kappa shape index (κ2) is 10.0. The first-order valence-corrected chi connectivity index (χ1v) is 9.89. The van der Waals surface area contributed by atoms with Crippen LogP contribution in [0.15, 0.2) is 57.0 Å². The number of benzene rings is 1. The maximum atomic E-state index is 5.89. The highest BCUT2D eigenvalue weighted by Gasteiger charge is 2.08. The van der Waals surface area contributed by atoms with Crippen LogP contribution < -0.4 is 10.6 Å². The highest BCUT2D eigenvalue weighted by Crippen LogP contribution is 2.19. The van der Waals surface area contributed by atoms with Gasteiger partial charge in [-0.1, -0.05) is 11.6 Å². The Morgan fingerprint density at radius 2 is 2.04 bits per heavy atom. The zero-order valence-corrected chi connectivity index (χ0v) is 16.5. The zero-order valence-electron chi connectivity index (χ0n) is 14.9. The predicted molar refractivity (Wildman–Crippen MR) is 109 cm³/mol. The molecule has 0 aliphatic heterocycles. The van der Waals surface area contributed by atoms with E-state index in [9.17, 15) is 0 Å². The van der Waals surface area contributed by atoms with Crippen LogP contribution in [0.1, 0.15) is 5.82 Å². The van der Waals surface area contributed by atoms with Crippen molar-refractivity contribution in [2.45, 2.75) is 11.3 Å². The van der Waals surface area contributed by atoms with E-state index >= 15 is 0 Å². The van der Waals surface area contributed by atoms with Gasteiger partial charge in [-0.3, -0.25) is 10.1 Å². The van der Waals surface area contributed by atoms with Crippen LogP contribution >= 0.6 is 23.4 Å². The highest BCUT2D eigenvalue weighted by atomic mass is 35.5. The number of guanidine groups is 1. The number of rotatable bonds is 8. The quantitative estimate of drug-likeness (QED) is 0.231. The average molecular weight is 405 g/mol. The van der Waals surface area contributed by atoms with Crippen LogP contribution in [0.25, 0.3) is 11.6 Å². The molecule has 0 bridgehead atoms. The number of nitrogens with zero attached hydrogens (tertiary/aromatic N) is 3. The van der Waals surface area contributed by atoms with Gasteiger partial charge in [0.25, 0.3) is 0 Å². The monoisotopic (exact) mass is 404 g/mol. The fourth-order valence-electron chi connectivity index (χ4n) is 2.31. The Bertz CT molecular complexity index is 847. The Hall–Kier alpha value is -2.45. The minimum Gasteiger partial charge on any atom is -0.461 e. The average Bonchev–Trinajstić information content (AvgIpc) is 3.36. The molecule has 0 aliphatic rings. The highest BCUT2D eigenvalue weighted by molar-refractivity contribution is 7.99. The van der Waals surface area contributed by atoms with Gasteiger partial charge in [-0.15, -0.1) is 11.8 Å². The smallest absolute Gasteiger partial charge is 0.216 e. The van der Waals surface area contributed by atoms with Crippen molar-refractivity contribution in [3.8, 4) is 11.6 Å². The van der Waals surface area contributed by atoms with E-state index in [1.54, 1.807) is 25.1 Å². The van der Waals surface area contributed by atoms with Crippen LogP contribution in [-0.2, 0) is 6.42 Å². The van der Waals surface area contributed by atoms with Crippen LogP contribution in [0.2, 0.25) is 5.02 Å². The van der Waals surface area contributed by atoms with Crippen LogP contribution in [0.4, 0.5) is 0 Å². The summed E-state index contributed by atoms with van der Waals surface area (Å²) in [4.78, 5) is 9.84. The third-order valence-electron chi connectivity index (χ3n) is 3.63. The van der Waals surface area contributed by atoms with E-state index in [1.165, 1.54) is 4.90 Å². The standard InChI is InChI=1S/C18H21ClN6OS/c1-20-18(22-10-12-27-14-6-4-13(19)5-7-14)21-9-8-16-23-17(25-24-16)15-3-2-11-26-15/h2-7,11H,8-10,12H2,1H3,(H2,20,21,22)(H,23,24,25). The van der Waals surface area contributed by atoms with Gasteiger partial charge in [0.1, 0.15) is 5.82 Å². The van der Waals surface area contributed by atoms with Crippen molar-refractivity contribution in [3.05, 3.63) is 53.5 Å². The van der Waals surface area contributed by atoms with Crippen molar-refractivity contribution < 1.29 is 4.42 Å². The number of thioether (sulfide) groups is 1. The Morgan fingerprint density at radius 3 is 2.78 bits per heavy atom. The molecule has 0 radical (unpaired) electrons. The molecule has 1 aromatic carbocycles. The molecular weight excluding hydrogens is 384 g/mol. The van der Waals surface area contributed by atoms with Gasteiger partial charge in [0, 0.05) is 42.2 Å². The van der Waals surface area contributed by atoms with Crippen molar-refractivity contribution in [2.75, 3.05) is 25.9 Å². The van der Waals surface area contributed by atoms with Crippen molar-refractivity contribution in [1.82, 2.24) is 25.8 Å². The minimum absolute atomic E-state index is 0.566. The third kappa shape index (κ3) is 6.04. The molecule has 0 fully saturated rings. The number of hydrogen-bond acceptors (Lipinski definition) is 5. The van der Waals surface area contributed by atoms with E-state index in [1.807, 2.05) is 36.4 Å². The fourth-order valence-corrected chi connectivity index (χ4v) is 3.21. The Labute approximate surface area is 167 Å². The van der Waals surface area contributed by atoms with E-state index in [0.29, 0.717) is 24.6 Å². The van der Waals surface area contributed by atoms with Crippen molar-refractivity contribution >= 4 is 29.3 Å².